The maximum Gasteiger partial charge on any atom is 0.0679 e. The van der Waals surface area contributed by atoms with Crippen LogP contribution in [0.4, 0.5) is 0 Å². The zero-order valence-electron chi connectivity index (χ0n) is 12.3. The molecule has 0 aromatic rings. The van der Waals surface area contributed by atoms with Crippen LogP contribution in [0.2, 0.25) is 0 Å². The molecule has 1 aliphatic carbocycles. The van der Waals surface area contributed by atoms with Gasteiger partial charge in [-0.15, -0.1) is 0 Å². The second-order valence-corrected chi connectivity index (χ2v) is 6.62. The molecular weight excluding hydrogens is 228 g/mol. The lowest BCUT2D eigenvalue weighted by atomic mass is 9.76. The Morgan fingerprint density at radius 3 is 2.39 bits per heavy atom. The molecule has 1 rings (SSSR count). The van der Waals surface area contributed by atoms with Gasteiger partial charge in [-0.1, -0.05) is 18.6 Å². The van der Waals surface area contributed by atoms with Gasteiger partial charge in [0.1, 0.15) is 0 Å². The number of hydrogen-bond acceptors (Lipinski definition) is 3. The first-order valence-corrected chi connectivity index (χ1v) is 6.84. The van der Waals surface area contributed by atoms with Gasteiger partial charge in [0.05, 0.1) is 17.3 Å². The molecule has 0 aromatic heterocycles. The lowest BCUT2D eigenvalue weighted by molar-refractivity contribution is -0.0759. The second-order valence-electron chi connectivity index (χ2n) is 6.62. The van der Waals surface area contributed by atoms with Crippen LogP contribution in [0, 0.1) is 11.8 Å². The molecule has 3 nitrogen and oxygen atoms in total. The van der Waals surface area contributed by atoms with Crippen molar-refractivity contribution in [3.63, 3.8) is 0 Å². The maximum atomic E-state index is 10.6. The minimum atomic E-state index is -0.939. The van der Waals surface area contributed by atoms with Gasteiger partial charge in [-0.3, -0.25) is 0 Å². The van der Waals surface area contributed by atoms with Gasteiger partial charge >= 0.3 is 0 Å². The normalized spacial score (nSPS) is 39.4. The highest BCUT2D eigenvalue weighted by Crippen LogP contribution is 2.46. The van der Waals surface area contributed by atoms with Gasteiger partial charge in [-0.25, -0.2) is 0 Å². The molecule has 1 fully saturated rings. The number of aliphatic hydroxyl groups is 3. The maximum absolute atomic E-state index is 10.6. The summed E-state index contributed by atoms with van der Waals surface area (Å²) in [5, 5.41) is 30.9. The molecule has 3 heteroatoms. The largest absolute Gasteiger partial charge is 0.393 e. The molecule has 5 atom stereocenters. The van der Waals surface area contributed by atoms with Crippen molar-refractivity contribution < 1.29 is 15.3 Å². The Morgan fingerprint density at radius 1 is 1.44 bits per heavy atom. The fourth-order valence-electron chi connectivity index (χ4n) is 3.23. The van der Waals surface area contributed by atoms with Gasteiger partial charge in [0.25, 0.3) is 0 Å². The predicted molar refractivity (Wildman–Crippen MR) is 73.2 cm³/mol. The summed E-state index contributed by atoms with van der Waals surface area (Å²) in [5.41, 5.74) is -0.589. The van der Waals surface area contributed by atoms with Crippen LogP contribution in [0.15, 0.2) is 11.6 Å². The molecule has 0 radical (unpaired) electrons. The second kappa shape index (κ2) is 5.32. The van der Waals surface area contributed by atoms with E-state index in [-0.39, 0.29) is 11.8 Å². The van der Waals surface area contributed by atoms with Crippen LogP contribution < -0.4 is 0 Å². The van der Waals surface area contributed by atoms with E-state index in [1.165, 1.54) is 5.57 Å². The van der Waals surface area contributed by atoms with Gasteiger partial charge in [-0.05, 0) is 46.5 Å². The van der Waals surface area contributed by atoms with Crippen molar-refractivity contribution >= 4 is 0 Å². The van der Waals surface area contributed by atoms with Crippen molar-refractivity contribution in [2.45, 2.75) is 71.2 Å². The molecule has 1 aliphatic rings. The van der Waals surface area contributed by atoms with Gasteiger partial charge < -0.3 is 15.3 Å². The van der Waals surface area contributed by atoms with Crippen LogP contribution in [0.5, 0.6) is 0 Å². The van der Waals surface area contributed by atoms with E-state index in [0.717, 1.165) is 6.42 Å². The summed E-state index contributed by atoms with van der Waals surface area (Å²) >= 11 is 0. The first kappa shape index (κ1) is 15.7. The molecule has 0 bridgehead atoms. The van der Waals surface area contributed by atoms with E-state index in [2.05, 4.69) is 6.08 Å². The van der Waals surface area contributed by atoms with Crippen LogP contribution in [0.25, 0.3) is 0 Å². The SMILES string of the molecule is CC(C)=CCC[C@@](C)(O)[C@@H]1[C@@H](O)C[C@@](C)(O)[C@H]1C. The third-order valence-electron chi connectivity index (χ3n) is 4.48. The summed E-state index contributed by atoms with van der Waals surface area (Å²) in [6.45, 7) is 9.50. The van der Waals surface area contributed by atoms with Gasteiger partial charge in [0.2, 0.25) is 0 Å². The number of hydrogen-bond donors (Lipinski definition) is 3. The van der Waals surface area contributed by atoms with Crippen LogP contribution >= 0.6 is 0 Å². The van der Waals surface area contributed by atoms with Crippen LogP contribution in [0.1, 0.15) is 53.9 Å². The fourth-order valence-corrected chi connectivity index (χ4v) is 3.23. The van der Waals surface area contributed by atoms with E-state index in [1.807, 2.05) is 20.8 Å². The van der Waals surface area contributed by atoms with Crippen molar-refractivity contribution in [3.8, 4) is 0 Å². The predicted octanol–water partition coefficient (Wildman–Crippen LogP) is 2.25. The lowest BCUT2D eigenvalue weighted by Crippen LogP contribution is -2.43. The zero-order chi connectivity index (χ0) is 14.1. The van der Waals surface area contributed by atoms with Crippen LogP contribution in [-0.2, 0) is 0 Å². The highest BCUT2D eigenvalue weighted by atomic mass is 16.3. The molecule has 3 N–H and O–H groups in total. The van der Waals surface area contributed by atoms with Gasteiger partial charge in [0.15, 0.2) is 0 Å². The molecule has 0 aromatic carbocycles. The number of aliphatic hydroxyl groups excluding tert-OH is 1. The van der Waals surface area contributed by atoms with Gasteiger partial charge in [-0.2, -0.15) is 0 Å². The topological polar surface area (TPSA) is 60.7 Å². The molecule has 0 heterocycles. The summed E-state index contributed by atoms with van der Waals surface area (Å²) in [5.74, 6) is -0.368. The van der Waals surface area contributed by atoms with Crippen molar-refractivity contribution in [1.82, 2.24) is 0 Å². The van der Waals surface area contributed by atoms with Crippen molar-refractivity contribution in [2.24, 2.45) is 11.8 Å². The molecule has 0 amide bonds. The Balaban J connectivity index is 2.75. The lowest BCUT2D eigenvalue weighted by Gasteiger charge is -2.36. The van der Waals surface area contributed by atoms with E-state index in [4.69, 9.17) is 0 Å². The van der Waals surface area contributed by atoms with E-state index in [1.54, 1.807) is 13.8 Å². The number of allylic oxidation sites excluding steroid dienone is 2. The van der Waals surface area contributed by atoms with E-state index in [9.17, 15) is 15.3 Å². The van der Waals surface area contributed by atoms with Crippen molar-refractivity contribution in [2.75, 3.05) is 0 Å². The van der Waals surface area contributed by atoms with Gasteiger partial charge in [0, 0.05) is 12.3 Å². The van der Waals surface area contributed by atoms with E-state index < -0.39 is 17.3 Å². The summed E-state index contributed by atoms with van der Waals surface area (Å²) in [6.07, 6.45) is 3.22. The molecule has 106 valence electrons. The Labute approximate surface area is 111 Å². The summed E-state index contributed by atoms with van der Waals surface area (Å²) in [4.78, 5) is 0. The summed E-state index contributed by atoms with van der Waals surface area (Å²) in [7, 11) is 0. The first-order chi connectivity index (χ1) is 8.08. The molecule has 0 saturated heterocycles. The third kappa shape index (κ3) is 3.34. The molecule has 0 aliphatic heterocycles. The molecule has 1 saturated carbocycles. The van der Waals surface area contributed by atoms with E-state index >= 15 is 0 Å². The monoisotopic (exact) mass is 256 g/mol. The van der Waals surface area contributed by atoms with Crippen LogP contribution in [-0.4, -0.2) is 32.6 Å². The number of rotatable bonds is 4. The highest BCUT2D eigenvalue weighted by Gasteiger charge is 2.53. The quantitative estimate of drug-likeness (QED) is 0.676. The molecule has 18 heavy (non-hydrogen) atoms. The highest BCUT2D eigenvalue weighted by molar-refractivity contribution is 5.05. The Kier molecular flexibility index (Phi) is 4.63. The molecular formula is C15H28O3. The average Bonchev–Trinajstić information content (AvgIpc) is 2.34. The summed E-state index contributed by atoms with van der Waals surface area (Å²) in [6, 6.07) is 0. The van der Waals surface area contributed by atoms with Crippen molar-refractivity contribution in [3.05, 3.63) is 11.6 Å². The zero-order valence-corrected chi connectivity index (χ0v) is 12.3. The Hall–Kier alpha value is -0.380. The molecule has 0 unspecified atom stereocenters. The Bertz CT molecular complexity index is 314. The van der Waals surface area contributed by atoms with Crippen LogP contribution in [0.3, 0.4) is 0 Å². The van der Waals surface area contributed by atoms with E-state index in [0.29, 0.717) is 12.8 Å². The third-order valence-corrected chi connectivity index (χ3v) is 4.48. The Morgan fingerprint density at radius 2 is 2.00 bits per heavy atom. The summed E-state index contributed by atoms with van der Waals surface area (Å²) < 4.78 is 0. The average molecular weight is 256 g/mol. The first-order valence-electron chi connectivity index (χ1n) is 6.84. The van der Waals surface area contributed by atoms with Crippen molar-refractivity contribution in [1.29, 1.82) is 0 Å². The standard InChI is InChI=1S/C15H28O3/c1-10(2)7-6-8-14(4,17)13-11(3)15(5,18)9-12(13)16/h7,11-13,16-18H,6,8-9H2,1-5H3/t11-,12-,13-,14+,15+/m0/s1. The smallest absolute Gasteiger partial charge is 0.0679 e. The molecule has 0 spiro atoms. The minimum absolute atomic E-state index is 0.103. The minimum Gasteiger partial charge on any atom is -0.393 e. The fraction of sp³-hybridized carbons (Fsp3) is 0.867.